The number of β-amino-alcohol motifs (C(OH)–C–C–N with tert-alkyl or cyclic N) is 1. The van der Waals surface area contributed by atoms with E-state index >= 15 is 0 Å². The van der Waals surface area contributed by atoms with Crippen LogP contribution in [0.5, 0.6) is 5.75 Å². The number of aliphatic hydroxyl groups is 1. The van der Waals surface area contributed by atoms with Gasteiger partial charge in [-0.25, -0.2) is 9.97 Å². The van der Waals surface area contributed by atoms with Gasteiger partial charge in [0.15, 0.2) is 5.82 Å². The van der Waals surface area contributed by atoms with Gasteiger partial charge in [-0.05, 0) is 37.3 Å². The van der Waals surface area contributed by atoms with Crippen LogP contribution < -0.4 is 14.5 Å². The molecular formula is C27H34N6O3. The summed E-state index contributed by atoms with van der Waals surface area (Å²) in [5.74, 6) is 3.37. The molecule has 9 nitrogen and oxygen atoms in total. The summed E-state index contributed by atoms with van der Waals surface area (Å²) >= 11 is 0. The van der Waals surface area contributed by atoms with Crippen molar-refractivity contribution in [2.45, 2.75) is 13.0 Å². The Labute approximate surface area is 212 Å². The van der Waals surface area contributed by atoms with Crippen LogP contribution in [0.4, 0.5) is 11.6 Å². The van der Waals surface area contributed by atoms with Crippen molar-refractivity contribution in [1.82, 2.24) is 19.9 Å². The molecule has 0 bridgehead atoms. The number of pyridine rings is 1. The van der Waals surface area contributed by atoms with Gasteiger partial charge in [-0.2, -0.15) is 0 Å². The third-order valence-corrected chi connectivity index (χ3v) is 6.68. The lowest BCUT2D eigenvalue weighted by Crippen LogP contribution is -2.47. The Bertz CT molecular complexity index is 1110. The van der Waals surface area contributed by atoms with Crippen molar-refractivity contribution in [2.24, 2.45) is 0 Å². The zero-order chi connectivity index (χ0) is 24.7. The van der Waals surface area contributed by atoms with Gasteiger partial charge in [-0.15, -0.1) is 0 Å². The first kappa shape index (κ1) is 24.4. The fourth-order valence-electron chi connectivity index (χ4n) is 4.71. The molecule has 0 spiro atoms. The summed E-state index contributed by atoms with van der Waals surface area (Å²) in [6.07, 6.45) is 3.60. The molecule has 3 aromatic rings. The molecule has 1 aromatic carbocycles. The number of piperazine rings is 1. The van der Waals surface area contributed by atoms with Gasteiger partial charge >= 0.3 is 0 Å². The van der Waals surface area contributed by atoms with E-state index in [1.54, 1.807) is 6.20 Å². The second-order valence-electron chi connectivity index (χ2n) is 9.01. The van der Waals surface area contributed by atoms with Gasteiger partial charge in [-0.1, -0.05) is 6.07 Å². The van der Waals surface area contributed by atoms with Gasteiger partial charge in [-0.3, -0.25) is 9.88 Å². The SMILES string of the molecule is CCOc1ccc(-c2nc(N3CCN(CCO)CC3)cc(N3CCOC(c4cccnc4)C3)n2)cc1. The third-order valence-electron chi connectivity index (χ3n) is 6.68. The molecule has 0 saturated carbocycles. The molecule has 2 fully saturated rings. The van der Waals surface area contributed by atoms with Gasteiger partial charge in [0.2, 0.25) is 0 Å². The van der Waals surface area contributed by atoms with E-state index in [1.807, 2.05) is 43.5 Å². The zero-order valence-corrected chi connectivity index (χ0v) is 20.8. The Morgan fingerprint density at radius 2 is 1.78 bits per heavy atom. The molecule has 1 N–H and O–H groups in total. The van der Waals surface area contributed by atoms with Crippen LogP contribution in [0.1, 0.15) is 18.6 Å². The van der Waals surface area contributed by atoms with E-state index in [-0.39, 0.29) is 12.7 Å². The van der Waals surface area contributed by atoms with E-state index < -0.39 is 0 Å². The normalized spacial score (nSPS) is 18.9. The van der Waals surface area contributed by atoms with E-state index in [0.29, 0.717) is 32.1 Å². The maximum absolute atomic E-state index is 9.30. The highest BCUT2D eigenvalue weighted by molar-refractivity contribution is 5.63. The molecule has 190 valence electrons. The summed E-state index contributed by atoms with van der Waals surface area (Å²) in [6.45, 7) is 9.13. The summed E-state index contributed by atoms with van der Waals surface area (Å²) in [4.78, 5) is 21.1. The van der Waals surface area contributed by atoms with Gasteiger partial charge in [0.1, 0.15) is 23.5 Å². The number of aliphatic hydroxyl groups excluding tert-OH is 1. The third kappa shape index (κ3) is 5.75. The molecule has 2 saturated heterocycles. The van der Waals surface area contributed by atoms with Crippen LogP contribution in [0.3, 0.4) is 0 Å². The summed E-state index contributed by atoms with van der Waals surface area (Å²) in [6, 6.07) is 14.1. The molecule has 2 aliphatic heterocycles. The molecule has 0 radical (unpaired) electrons. The van der Waals surface area contributed by atoms with E-state index in [1.165, 1.54) is 0 Å². The van der Waals surface area contributed by atoms with E-state index in [0.717, 1.165) is 61.2 Å². The first-order chi connectivity index (χ1) is 17.7. The number of hydrogen-bond donors (Lipinski definition) is 1. The topological polar surface area (TPSA) is 87.1 Å². The lowest BCUT2D eigenvalue weighted by Gasteiger charge is -2.37. The average molecular weight is 491 g/mol. The molecule has 2 aliphatic rings. The number of ether oxygens (including phenoxy) is 2. The van der Waals surface area contributed by atoms with Crippen LogP contribution >= 0.6 is 0 Å². The van der Waals surface area contributed by atoms with Crippen molar-refractivity contribution in [2.75, 3.05) is 75.4 Å². The van der Waals surface area contributed by atoms with Crippen molar-refractivity contribution in [3.8, 4) is 17.1 Å². The van der Waals surface area contributed by atoms with Crippen LogP contribution in [0.2, 0.25) is 0 Å². The fraction of sp³-hybridized carbons (Fsp3) is 0.444. The summed E-state index contributed by atoms with van der Waals surface area (Å²) in [5, 5.41) is 9.30. The Balaban J connectivity index is 1.44. The number of aromatic nitrogens is 3. The highest BCUT2D eigenvalue weighted by Gasteiger charge is 2.26. The summed E-state index contributed by atoms with van der Waals surface area (Å²) in [5.41, 5.74) is 2.03. The van der Waals surface area contributed by atoms with Crippen LogP contribution in [-0.2, 0) is 4.74 Å². The molecule has 2 aromatic heterocycles. The van der Waals surface area contributed by atoms with Crippen molar-refractivity contribution in [3.05, 3.63) is 60.4 Å². The maximum atomic E-state index is 9.30. The minimum Gasteiger partial charge on any atom is -0.494 e. The number of rotatable bonds is 8. The molecule has 0 aliphatic carbocycles. The first-order valence-corrected chi connectivity index (χ1v) is 12.7. The number of nitrogens with zero attached hydrogens (tertiary/aromatic N) is 6. The molecular weight excluding hydrogens is 456 g/mol. The highest BCUT2D eigenvalue weighted by atomic mass is 16.5. The van der Waals surface area contributed by atoms with E-state index in [4.69, 9.17) is 19.4 Å². The molecule has 36 heavy (non-hydrogen) atoms. The number of anilines is 2. The molecule has 4 heterocycles. The zero-order valence-electron chi connectivity index (χ0n) is 20.8. The summed E-state index contributed by atoms with van der Waals surface area (Å²) < 4.78 is 11.7. The molecule has 1 atom stereocenters. The van der Waals surface area contributed by atoms with Crippen molar-refractivity contribution < 1.29 is 14.6 Å². The second kappa shape index (κ2) is 11.6. The maximum Gasteiger partial charge on any atom is 0.163 e. The van der Waals surface area contributed by atoms with Gasteiger partial charge in [0, 0.05) is 75.4 Å². The number of benzene rings is 1. The van der Waals surface area contributed by atoms with Crippen LogP contribution in [0.25, 0.3) is 11.4 Å². The Hall–Kier alpha value is -3.27. The van der Waals surface area contributed by atoms with E-state index in [9.17, 15) is 5.11 Å². The fourth-order valence-corrected chi connectivity index (χ4v) is 4.71. The highest BCUT2D eigenvalue weighted by Crippen LogP contribution is 2.30. The van der Waals surface area contributed by atoms with E-state index in [2.05, 4.69) is 31.8 Å². The number of morpholine rings is 1. The van der Waals surface area contributed by atoms with Gasteiger partial charge in [0.05, 0.1) is 19.8 Å². The Kier molecular flexibility index (Phi) is 7.90. The number of hydrogen-bond acceptors (Lipinski definition) is 9. The molecule has 5 rings (SSSR count). The van der Waals surface area contributed by atoms with Crippen molar-refractivity contribution in [1.29, 1.82) is 0 Å². The Morgan fingerprint density at radius 3 is 2.47 bits per heavy atom. The smallest absolute Gasteiger partial charge is 0.163 e. The molecule has 0 amide bonds. The predicted octanol–water partition coefficient (Wildman–Crippen LogP) is 2.63. The largest absolute Gasteiger partial charge is 0.494 e. The lowest BCUT2D eigenvalue weighted by atomic mass is 10.1. The molecule has 1 unspecified atom stereocenters. The standard InChI is InChI=1S/C27H34N6O3/c1-2-35-23-7-5-21(6-8-23)27-29-25(32-12-10-31(11-13-32)14-16-34)18-26(30-27)33-15-17-36-24(20-33)22-4-3-9-28-19-22/h3-9,18-19,24,34H,2,10-17,20H2,1H3. The summed E-state index contributed by atoms with van der Waals surface area (Å²) in [7, 11) is 0. The average Bonchev–Trinajstić information content (AvgIpc) is 2.94. The lowest BCUT2D eigenvalue weighted by molar-refractivity contribution is 0.0393. The van der Waals surface area contributed by atoms with Gasteiger partial charge in [0.25, 0.3) is 0 Å². The Morgan fingerprint density at radius 1 is 1.00 bits per heavy atom. The minimum absolute atomic E-state index is 0.0539. The van der Waals surface area contributed by atoms with Gasteiger partial charge < -0.3 is 24.4 Å². The van der Waals surface area contributed by atoms with Crippen molar-refractivity contribution in [3.63, 3.8) is 0 Å². The first-order valence-electron chi connectivity index (χ1n) is 12.7. The quantitative estimate of drug-likeness (QED) is 0.512. The molecule has 9 heteroatoms. The monoisotopic (exact) mass is 490 g/mol. The second-order valence-corrected chi connectivity index (χ2v) is 9.01. The van der Waals surface area contributed by atoms with Crippen LogP contribution in [0.15, 0.2) is 54.9 Å². The predicted molar refractivity (Wildman–Crippen MR) is 140 cm³/mol. The van der Waals surface area contributed by atoms with Crippen LogP contribution in [0, 0.1) is 0 Å². The van der Waals surface area contributed by atoms with Crippen LogP contribution in [-0.4, -0.2) is 90.6 Å². The van der Waals surface area contributed by atoms with Crippen molar-refractivity contribution >= 4 is 11.6 Å². The minimum atomic E-state index is -0.0539.